The molecule has 2 rings (SSSR count). The maximum atomic E-state index is 12.9. The summed E-state index contributed by atoms with van der Waals surface area (Å²) in [7, 11) is 1.88. The minimum Gasteiger partial charge on any atom is -0.380 e. The van der Waals surface area contributed by atoms with E-state index >= 15 is 0 Å². The Kier molecular flexibility index (Phi) is 3.33. The van der Waals surface area contributed by atoms with Crippen molar-refractivity contribution in [1.29, 1.82) is 0 Å². The molecule has 1 heterocycles. The van der Waals surface area contributed by atoms with Gasteiger partial charge in [-0.15, -0.1) is 0 Å². The molecule has 0 fully saturated rings. The van der Waals surface area contributed by atoms with Crippen LogP contribution in [0.3, 0.4) is 0 Å². The maximum absolute atomic E-state index is 12.9. The van der Waals surface area contributed by atoms with Gasteiger partial charge in [-0.2, -0.15) is 5.10 Å². The van der Waals surface area contributed by atoms with E-state index in [1.807, 2.05) is 20.2 Å². The average molecular weight is 254 g/mol. The number of aromatic nitrogens is 2. The van der Waals surface area contributed by atoms with Crippen LogP contribution in [0.15, 0.2) is 24.4 Å². The molecule has 3 nitrogen and oxygen atoms in total. The Hall–Kier alpha value is -1.55. The first kappa shape index (κ1) is 11.9. The molecule has 0 bridgehead atoms. The minimum absolute atomic E-state index is 0.335. The molecule has 0 aliphatic carbocycles. The van der Waals surface area contributed by atoms with E-state index in [-0.39, 0.29) is 5.82 Å². The van der Waals surface area contributed by atoms with Gasteiger partial charge in [-0.05, 0) is 25.1 Å². The Morgan fingerprint density at radius 3 is 2.82 bits per heavy atom. The molecule has 1 aromatic heterocycles. The predicted octanol–water partition coefficient (Wildman–Crippen LogP) is 3.13. The van der Waals surface area contributed by atoms with Gasteiger partial charge in [0.25, 0.3) is 0 Å². The normalized spacial score (nSPS) is 10.6. The van der Waals surface area contributed by atoms with Crippen LogP contribution in [0.1, 0.15) is 11.3 Å². The number of hydrogen-bond acceptors (Lipinski definition) is 2. The Morgan fingerprint density at radius 1 is 1.47 bits per heavy atom. The van der Waals surface area contributed by atoms with E-state index < -0.39 is 0 Å². The molecule has 1 aromatic carbocycles. The summed E-state index contributed by atoms with van der Waals surface area (Å²) in [5.74, 6) is -0.335. The first-order chi connectivity index (χ1) is 8.06. The van der Waals surface area contributed by atoms with Gasteiger partial charge >= 0.3 is 0 Å². The Balaban J connectivity index is 2.10. The highest BCUT2D eigenvalue weighted by Gasteiger charge is 2.05. The molecule has 0 unspecified atom stereocenters. The summed E-state index contributed by atoms with van der Waals surface area (Å²) < 4.78 is 14.6. The van der Waals surface area contributed by atoms with Crippen LogP contribution >= 0.6 is 11.6 Å². The van der Waals surface area contributed by atoms with Gasteiger partial charge in [0, 0.05) is 25.4 Å². The second-order valence-electron chi connectivity index (χ2n) is 3.89. The summed E-state index contributed by atoms with van der Waals surface area (Å²) in [4.78, 5) is 0. The highest BCUT2D eigenvalue weighted by molar-refractivity contribution is 6.33. The lowest BCUT2D eigenvalue weighted by Crippen LogP contribution is -2.00. The lowest BCUT2D eigenvalue weighted by Gasteiger charge is -2.07. The third-order valence-electron chi connectivity index (χ3n) is 2.52. The SMILES string of the molecule is Cc1nn(C)cc1CNc1ccc(F)cc1Cl. The topological polar surface area (TPSA) is 29.9 Å². The van der Waals surface area contributed by atoms with Crippen LogP contribution in [-0.2, 0) is 13.6 Å². The van der Waals surface area contributed by atoms with Gasteiger partial charge in [0.2, 0.25) is 0 Å². The molecule has 0 amide bonds. The zero-order valence-corrected chi connectivity index (χ0v) is 10.4. The fourth-order valence-corrected chi connectivity index (χ4v) is 1.88. The molecule has 0 saturated heterocycles. The van der Waals surface area contributed by atoms with Crippen molar-refractivity contribution in [3.05, 3.63) is 46.5 Å². The number of benzene rings is 1. The fourth-order valence-electron chi connectivity index (χ4n) is 1.65. The van der Waals surface area contributed by atoms with E-state index in [0.717, 1.165) is 16.9 Å². The van der Waals surface area contributed by atoms with E-state index in [1.165, 1.54) is 12.1 Å². The Bertz CT molecular complexity index is 537. The number of anilines is 1. The summed E-state index contributed by atoms with van der Waals surface area (Å²) in [6, 6.07) is 4.30. The van der Waals surface area contributed by atoms with Gasteiger partial charge in [0.15, 0.2) is 0 Å². The van der Waals surface area contributed by atoms with E-state index in [2.05, 4.69) is 10.4 Å². The molecular weight excluding hydrogens is 241 g/mol. The van der Waals surface area contributed by atoms with Crippen molar-refractivity contribution in [2.24, 2.45) is 7.05 Å². The third-order valence-corrected chi connectivity index (χ3v) is 2.83. The van der Waals surface area contributed by atoms with Gasteiger partial charge in [-0.25, -0.2) is 4.39 Å². The second kappa shape index (κ2) is 4.75. The maximum Gasteiger partial charge on any atom is 0.124 e. The van der Waals surface area contributed by atoms with Crippen LogP contribution < -0.4 is 5.32 Å². The molecule has 0 spiro atoms. The Labute approximate surface area is 104 Å². The van der Waals surface area contributed by atoms with Crippen LogP contribution in [0.2, 0.25) is 5.02 Å². The molecule has 0 aliphatic rings. The summed E-state index contributed by atoms with van der Waals surface area (Å²) in [6.07, 6.45) is 1.94. The highest BCUT2D eigenvalue weighted by atomic mass is 35.5. The largest absolute Gasteiger partial charge is 0.380 e. The van der Waals surface area contributed by atoms with Gasteiger partial charge in [-0.1, -0.05) is 11.6 Å². The van der Waals surface area contributed by atoms with Crippen molar-refractivity contribution in [3.8, 4) is 0 Å². The number of halogens is 2. The molecule has 17 heavy (non-hydrogen) atoms. The van der Waals surface area contributed by atoms with Gasteiger partial charge in [0.1, 0.15) is 5.82 Å². The summed E-state index contributed by atoms with van der Waals surface area (Å²) in [5, 5.41) is 7.78. The molecule has 90 valence electrons. The van der Waals surface area contributed by atoms with Crippen molar-refractivity contribution in [2.45, 2.75) is 13.5 Å². The third kappa shape index (κ3) is 2.77. The highest BCUT2D eigenvalue weighted by Crippen LogP contribution is 2.23. The minimum atomic E-state index is -0.335. The number of aryl methyl sites for hydroxylation is 2. The predicted molar refractivity (Wildman–Crippen MR) is 66.7 cm³/mol. The van der Waals surface area contributed by atoms with Crippen molar-refractivity contribution in [3.63, 3.8) is 0 Å². The standard InChI is InChI=1S/C12H13ClFN3/c1-8-9(7-17(2)16-8)6-15-12-4-3-10(14)5-11(12)13/h3-5,7,15H,6H2,1-2H3. The quantitative estimate of drug-likeness (QED) is 0.911. The second-order valence-corrected chi connectivity index (χ2v) is 4.30. The summed E-state index contributed by atoms with van der Waals surface area (Å²) in [5.41, 5.74) is 2.78. The van der Waals surface area contributed by atoms with Crippen LogP contribution in [0.4, 0.5) is 10.1 Å². The molecular formula is C12H13ClFN3. The fraction of sp³-hybridized carbons (Fsp3) is 0.250. The Morgan fingerprint density at radius 2 is 2.24 bits per heavy atom. The van der Waals surface area contributed by atoms with Gasteiger partial charge in [-0.3, -0.25) is 4.68 Å². The van der Waals surface area contributed by atoms with E-state index in [4.69, 9.17) is 11.6 Å². The lowest BCUT2D eigenvalue weighted by atomic mass is 10.2. The van der Waals surface area contributed by atoms with Crippen molar-refractivity contribution in [2.75, 3.05) is 5.32 Å². The zero-order valence-electron chi connectivity index (χ0n) is 9.67. The van der Waals surface area contributed by atoms with Gasteiger partial charge < -0.3 is 5.32 Å². The van der Waals surface area contributed by atoms with Gasteiger partial charge in [0.05, 0.1) is 16.4 Å². The zero-order chi connectivity index (χ0) is 12.4. The van der Waals surface area contributed by atoms with Crippen molar-refractivity contribution < 1.29 is 4.39 Å². The molecule has 2 aromatic rings. The van der Waals surface area contributed by atoms with Crippen LogP contribution in [0.25, 0.3) is 0 Å². The molecule has 0 atom stereocenters. The number of nitrogens with one attached hydrogen (secondary N) is 1. The van der Waals surface area contributed by atoms with E-state index in [9.17, 15) is 4.39 Å². The lowest BCUT2D eigenvalue weighted by molar-refractivity contribution is 0.628. The smallest absolute Gasteiger partial charge is 0.124 e. The van der Waals surface area contributed by atoms with E-state index in [0.29, 0.717) is 11.6 Å². The van der Waals surface area contributed by atoms with Crippen molar-refractivity contribution >= 4 is 17.3 Å². The molecule has 0 aliphatic heterocycles. The number of rotatable bonds is 3. The average Bonchev–Trinajstić information content (AvgIpc) is 2.56. The summed E-state index contributed by atoms with van der Waals surface area (Å²) >= 11 is 5.92. The molecule has 5 heteroatoms. The van der Waals surface area contributed by atoms with Crippen LogP contribution in [-0.4, -0.2) is 9.78 Å². The van der Waals surface area contributed by atoms with Crippen LogP contribution in [0.5, 0.6) is 0 Å². The monoisotopic (exact) mass is 253 g/mol. The van der Waals surface area contributed by atoms with Crippen molar-refractivity contribution in [1.82, 2.24) is 9.78 Å². The number of nitrogens with zero attached hydrogens (tertiary/aromatic N) is 2. The summed E-state index contributed by atoms with van der Waals surface area (Å²) in [6.45, 7) is 2.56. The first-order valence-corrected chi connectivity index (χ1v) is 5.62. The van der Waals surface area contributed by atoms with E-state index in [1.54, 1.807) is 10.7 Å². The van der Waals surface area contributed by atoms with Crippen LogP contribution in [0, 0.1) is 12.7 Å². The molecule has 1 N–H and O–H groups in total. The molecule has 0 saturated carbocycles. The molecule has 0 radical (unpaired) electrons. The number of hydrogen-bond donors (Lipinski definition) is 1. The first-order valence-electron chi connectivity index (χ1n) is 5.24.